The van der Waals surface area contributed by atoms with Crippen molar-refractivity contribution in [1.82, 2.24) is 20.0 Å². The molecule has 0 atom stereocenters. The van der Waals surface area contributed by atoms with Gasteiger partial charge in [0.15, 0.2) is 0 Å². The summed E-state index contributed by atoms with van der Waals surface area (Å²) in [6.07, 6.45) is 4.77. The summed E-state index contributed by atoms with van der Waals surface area (Å²) in [5, 5.41) is 6.54. The van der Waals surface area contributed by atoms with E-state index in [0.29, 0.717) is 5.69 Å². The van der Waals surface area contributed by atoms with Gasteiger partial charge < -0.3 is 9.97 Å². The van der Waals surface area contributed by atoms with Gasteiger partial charge in [-0.3, -0.25) is 4.79 Å². The highest BCUT2D eigenvalue weighted by molar-refractivity contribution is 6.09. The van der Waals surface area contributed by atoms with Crippen molar-refractivity contribution in [1.29, 1.82) is 0 Å². The molecule has 0 aliphatic heterocycles. The molecule has 26 heavy (non-hydrogen) atoms. The SMILES string of the molecule is CN(/N=C/c1cnc[nH]1)C(=O)c1[nH]c2ccccc2c1-c1ccccc1. The van der Waals surface area contributed by atoms with Crippen LogP contribution in [0.1, 0.15) is 16.2 Å². The highest BCUT2D eigenvalue weighted by Gasteiger charge is 2.21. The number of nitrogens with zero attached hydrogens (tertiary/aromatic N) is 3. The van der Waals surface area contributed by atoms with Crippen molar-refractivity contribution >= 4 is 23.0 Å². The maximum Gasteiger partial charge on any atom is 0.290 e. The smallest absolute Gasteiger partial charge is 0.290 e. The summed E-state index contributed by atoms with van der Waals surface area (Å²) in [5.41, 5.74) is 4.03. The Balaban J connectivity index is 1.77. The molecule has 1 amide bonds. The molecule has 4 aromatic rings. The number of hydrogen-bond acceptors (Lipinski definition) is 3. The summed E-state index contributed by atoms with van der Waals surface area (Å²) in [6, 6.07) is 17.8. The van der Waals surface area contributed by atoms with Crippen molar-refractivity contribution in [2.45, 2.75) is 0 Å². The first-order valence-electron chi connectivity index (χ1n) is 8.20. The molecule has 0 aliphatic rings. The van der Waals surface area contributed by atoms with Crippen molar-refractivity contribution in [3.05, 3.63) is 78.5 Å². The fraction of sp³-hybridized carbons (Fsp3) is 0.0500. The molecule has 0 radical (unpaired) electrons. The average Bonchev–Trinajstić information content (AvgIpc) is 3.33. The fourth-order valence-electron chi connectivity index (χ4n) is 2.91. The van der Waals surface area contributed by atoms with E-state index in [9.17, 15) is 4.79 Å². The van der Waals surface area contributed by atoms with Gasteiger partial charge in [-0.1, -0.05) is 48.5 Å². The third-order valence-corrected chi connectivity index (χ3v) is 4.17. The minimum absolute atomic E-state index is 0.212. The molecule has 2 aromatic heterocycles. The normalized spacial score (nSPS) is 11.3. The van der Waals surface area contributed by atoms with E-state index in [-0.39, 0.29) is 5.91 Å². The Bertz CT molecular complexity index is 1060. The zero-order valence-electron chi connectivity index (χ0n) is 14.2. The van der Waals surface area contributed by atoms with Crippen molar-refractivity contribution in [2.24, 2.45) is 5.10 Å². The summed E-state index contributed by atoms with van der Waals surface area (Å²) in [7, 11) is 1.63. The molecule has 6 nitrogen and oxygen atoms in total. The molecular weight excluding hydrogens is 326 g/mol. The number of aromatic amines is 2. The number of para-hydroxylation sites is 1. The summed E-state index contributed by atoms with van der Waals surface area (Å²) in [4.78, 5) is 23.1. The average molecular weight is 343 g/mol. The van der Waals surface area contributed by atoms with Crippen molar-refractivity contribution in [3.63, 3.8) is 0 Å². The zero-order valence-corrected chi connectivity index (χ0v) is 14.2. The van der Waals surface area contributed by atoms with E-state index in [2.05, 4.69) is 20.1 Å². The largest absolute Gasteiger partial charge is 0.350 e. The quantitative estimate of drug-likeness (QED) is 0.438. The maximum atomic E-state index is 13.0. The van der Waals surface area contributed by atoms with Crippen LogP contribution in [0.3, 0.4) is 0 Å². The Hall–Kier alpha value is -3.67. The van der Waals surface area contributed by atoms with Crippen LogP contribution < -0.4 is 0 Å². The number of nitrogens with one attached hydrogen (secondary N) is 2. The highest BCUT2D eigenvalue weighted by atomic mass is 16.2. The molecule has 0 saturated carbocycles. The summed E-state index contributed by atoms with van der Waals surface area (Å²) in [5.74, 6) is -0.212. The van der Waals surface area contributed by atoms with E-state index in [1.165, 1.54) is 5.01 Å². The van der Waals surface area contributed by atoms with E-state index in [0.717, 1.165) is 27.7 Å². The molecule has 0 bridgehead atoms. The second-order valence-corrected chi connectivity index (χ2v) is 5.87. The molecule has 0 fully saturated rings. The number of H-pyrrole nitrogens is 2. The number of rotatable bonds is 4. The van der Waals surface area contributed by atoms with Gasteiger partial charge in [-0.25, -0.2) is 9.99 Å². The second-order valence-electron chi connectivity index (χ2n) is 5.87. The second kappa shape index (κ2) is 6.68. The first kappa shape index (κ1) is 15.8. The Labute approximate surface area is 150 Å². The Morgan fingerprint density at radius 1 is 1.12 bits per heavy atom. The van der Waals surface area contributed by atoms with E-state index >= 15 is 0 Å². The van der Waals surface area contributed by atoms with Crippen LogP contribution in [-0.2, 0) is 0 Å². The first-order valence-corrected chi connectivity index (χ1v) is 8.20. The highest BCUT2D eigenvalue weighted by Crippen LogP contribution is 2.32. The van der Waals surface area contributed by atoms with Gasteiger partial charge in [0.05, 0.1) is 24.4 Å². The Morgan fingerprint density at radius 2 is 1.88 bits per heavy atom. The van der Waals surface area contributed by atoms with Gasteiger partial charge in [0.1, 0.15) is 5.69 Å². The van der Waals surface area contributed by atoms with Crippen LogP contribution in [-0.4, -0.2) is 39.1 Å². The minimum atomic E-state index is -0.212. The molecule has 0 aliphatic carbocycles. The van der Waals surface area contributed by atoms with Gasteiger partial charge in [0.2, 0.25) is 0 Å². The maximum absolute atomic E-state index is 13.0. The van der Waals surface area contributed by atoms with Gasteiger partial charge in [-0.2, -0.15) is 5.10 Å². The number of amides is 1. The molecule has 2 N–H and O–H groups in total. The predicted molar refractivity (Wildman–Crippen MR) is 102 cm³/mol. The standard InChI is InChI=1S/C20H17N5O/c1-25(23-12-15-11-21-13-22-15)20(26)19-18(14-7-3-2-4-8-14)16-9-5-6-10-17(16)24-19/h2-13,24H,1H3,(H,21,22)/b23-12+. The van der Waals surface area contributed by atoms with Crippen LogP contribution >= 0.6 is 0 Å². The predicted octanol–water partition coefficient (Wildman–Crippen LogP) is 3.66. The molecule has 2 heterocycles. The third kappa shape index (κ3) is 2.88. The van der Waals surface area contributed by atoms with Gasteiger partial charge in [-0.15, -0.1) is 0 Å². The lowest BCUT2D eigenvalue weighted by Crippen LogP contribution is -2.22. The first-order chi connectivity index (χ1) is 12.7. The Morgan fingerprint density at radius 3 is 2.65 bits per heavy atom. The molecule has 6 heteroatoms. The van der Waals surface area contributed by atoms with Crippen LogP contribution in [0.15, 0.2) is 72.2 Å². The van der Waals surface area contributed by atoms with E-state index < -0.39 is 0 Å². The van der Waals surface area contributed by atoms with Crippen LogP contribution in [0.4, 0.5) is 0 Å². The molecule has 0 spiro atoms. The lowest BCUT2D eigenvalue weighted by atomic mass is 10.0. The summed E-state index contributed by atoms with van der Waals surface area (Å²) in [6.45, 7) is 0. The number of imidazole rings is 1. The van der Waals surface area contributed by atoms with E-state index in [1.807, 2.05) is 54.6 Å². The molecular formula is C20H17N5O. The van der Waals surface area contributed by atoms with E-state index in [4.69, 9.17) is 0 Å². The number of benzene rings is 2. The minimum Gasteiger partial charge on any atom is -0.350 e. The number of hydrogen-bond donors (Lipinski definition) is 2. The summed E-state index contributed by atoms with van der Waals surface area (Å²) >= 11 is 0. The van der Waals surface area contributed by atoms with Crippen LogP contribution in [0, 0.1) is 0 Å². The van der Waals surface area contributed by atoms with Gasteiger partial charge in [0.25, 0.3) is 5.91 Å². The molecule has 2 aromatic carbocycles. The van der Waals surface area contributed by atoms with Gasteiger partial charge in [0, 0.05) is 23.5 Å². The Kier molecular flexibility index (Phi) is 4.07. The zero-order chi connectivity index (χ0) is 17.9. The lowest BCUT2D eigenvalue weighted by molar-refractivity contribution is 0.0796. The molecule has 0 saturated heterocycles. The number of aromatic nitrogens is 3. The monoisotopic (exact) mass is 343 g/mol. The lowest BCUT2D eigenvalue weighted by Gasteiger charge is -2.11. The number of carbonyl (C=O) groups excluding carboxylic acids is 1. The fourth-order valence-corrected chi connectivity index (χ4v) is 2.91. The van der Waals surface area contributed by atoms with Gasteiger partial charge >= 0.3 is 0 Å². The number of fused-ring (bicyclic) bond motifs is 1. The molecule has 0 unspecified atom stereocenters. The topological polar surface area (TPSA) is 77.1 Å². The molecule has 4 rings (SSSR count). The number of carbonyl (C=O) groups is 1. The summed E-state index contributed by atoms with van der Waals surface area (Å²) < 4.78 is 0. The van der Waals surface area contributed by atoms with Crippen molar-refractivity contribution in [3.8, 4) is 11.1 Å². The van der Waals surface area contributed by atoms with Crippen LogP contribution in [0.2, 0.25) is 0 Å². The molecule has 128 valence electrons. The van der Waals surface area contributed by atoms with Crippen LogP contribution in [0.25, 0.3) is 22.0 Å². The number of hydrazone groups is 1. The van der Waals surface area contributed by atoms with Crippen molar-refractivity contribution in [2.75, 3.05) is 7.05 Å². The van der Waals surface area contributed by atoms with Crippen LogP contribution in [0.5, 0.6) is 0 Å². The van der Waals surface area contributed by atoms with E-state index in [1.54, 1.807) is 25.8 Å². The van der Waals surface area contributed by atoms with Gasteiger partial charge in [-0.05, 0) is 11.6 Å². The third-order valence-electron chi connectivity index (χ3n) is 4.17. The van der Waals surface area contributed by atoms with Crippen molar-refractivity contribution < 1.29 is 4.79 Å².